The molecular formula is C14H17F2N3O3S. The van der Waals surface area contributed by atoms with Crippen molar-refractivity contribution < 1.29 is 22.5 Å². The molecule has 2 aliphatic rings. The van der Waals surface area contributed by atoms with Crippen LogP contribution in [0.15, 0.2) is 12.1 Å². The molecule has 1 aromatic rings. The van der Waals surface area contributed by atoms with Crippen molar-refractivity contribution in [3.8, 4) is 0 Å². The third-order valence-corrected chi connectivity index (χ3v) is 5.22. The number of cyclic esters (lactones) is 1. The van der Waals surface area contributed by atoms with E-state index in [2.05, 4.69) is 0 Å². The summed E-state index contributed by atoms with van der Waals surface area (Å²) in [5.74, 6) is -0.734. The number of ether oxygens (including phenoxy) is 1. The minimum absolute atomic E-state index is 0.102. The van der Waals surface area contributed by atoms with Gasteiger partial charge in [-0.05, 0) is 0 Å². The van der Waals surface area contributed by atoms with Crippen LogP contribution in [0.25, 0.3) is 0 Å². The molecule has 1 atom stereocenters. The summed E-state index contributed by atoms with van der Waals surface area (Å²) < 4.78 is 45.1. The Kier molecular flexibility index (Phi) is 4.49. The lowest BCUT2D eigenvalue weighted by molar-refractivity contribution is 0.145. The number of carbonyl (C=O) groups is 1. The molecule has 1 aromatic carbocycles. The van der Waals surface area contributed by atoms with Crippen molar-refractivity contribution in [1.29, 1.82) is 0 Å². The van der Waals surface area contributed by atoms with E-state index in [0.29, 0.717) is 24.6 Å². The minimum Gasteiger partial charge on any atom is -0.443 e. The molecule has 9 heteroatoms. The highest BCUT2D eigenvalue weighted by atomic mass is 32.2. The van der Waals surface area contributed by atoms with Crippen LogP contribution in [0.2, 0.25) is 0 Å². The first-order chi connectivity index (χ1) is 11.0. The Labute approximate surface area is 134 Å². The lowest BCUT2D eigenvalue weighted by Gasteiger charge is -2.29. The Morgan fingerprint density at radius 1 is 1.26 bits per heavy atom. The van der Waals surface area contributed by atoms with Crippen LogP contribution >= 0.6 is 0 Å². The van der Waals surface area contributed by atoms with Crippen LogP contribution in [-0.2, 0) is 15.5 Å². The molecule has 2 N–H and O–H groups in total. The SMILES string of the molecule is NC[C@@H]1CN(c2cc(F)c(N3CCS(=O)CC3)c(F)c2)C(=O)O1. The molecule has 0 saturated carbocycles. The summed E-state index contributed by atoms with van der Waals surface area (Å²) in [6.07, 6.45) is -1.15. The standard InChI is InChI=1S/C14H17F2N3O3S/c15-11-5-9(19-8-10(7-17)22-14(19)20)6-12(16)13(11)18-1-3-23(21)4-2-18/h5-6,10H,1-4,7-8,17H2/t10-/m1/s1. The highest BCUT2D eigenvalue weighted by Crippen LogP contribution is 2.31. The molecule has 2 fully saturated rings. The van der Waals surface area contributed by atoms with Gasteiger partial charge >= 0.3 is 6.09 Å². The summed E-state index contributed by atoms with van der Waals surface area (Å²) in [5, 5.41) is 0. The summed E-state index contributed by atoms with van der Waals surface area (Å²) in [6, 6.07) is 2.23. The number of rotatable bonds is 3. The summed E-state index contributed by atoms with van der Waals surface area (Å²) in [5.41, 5.74) is 5.40. The Morgan fingerprint density at radius 3 is 2.39 bits per heavy atom. The lowest BCUT2D eigenvalue weighted by atomic mass is 10.2. The largest absolute Gasteiger partial charge is 0.443 e. The maximum Gasteiger partial charge on any atom is 0.414 e. The fraction of sp³-hybridized carbons (Fsp3) is 0.500. The second-order valence-electron chi connectivity index (χ2n) is 5.45. The van der Waals surface area contributed by atoms with E-state index in [1.807, 2.05) is 0 Å². The minimum atomic E-state index is -0.932. The van der Waals surface area contributed by atoms with Crippen LogP contribution in [0.4, 0.5) is 25.0 Å². The number of halogens is 2. The number of carbonyl (C=O) groups excluding carboxylic acids is 1. The zero-order valence-electron chi connectivity index (χ0n) is 12.3. The predicted octanol–water partition coefficient (Wildman–Crippen LogP) is 0.817. The molecule has 0 spiro atoms. The first-order valence-corrected chi connectivity index (χ1v) is 8.75. The maximum atomic E-state index is 14.4. The average Bonchev–Trinajstić information content (AvgIpc) is 2.89. The van der Waals surface area contributed by atoms with Crippen molar-refractivity contribution in [2.75, 3.05) is 47.5 Å². The van der Waals surface area contributed by atoms with Crippen molar-refractivity contribution in [2.24, 2.45) is 5.73 Å². The summed E-state index contributed by atoms with van der Waals surface area (Å²) >= 11 is 0. The number of anilines is 2. The van der Waals surface area contributed by atoms with Crippen LogP contribution in [0.3, 0.4) is 0 Å². The summed E-state index contributed by atoms with van der Waals surface area (Å²) in [7, 11) is -0.932. The van der Waals surface area contributed by atoms with E-state index in [4.69, 9.17) is 10.5 Å². The van der Waals surface area contributed by atoms with Gasteiger partial charge in [-0.1, -0.05) is 0 Å². The van der Waals surface area contributed by atoms with Crippen LogP contribution in [0, 0.1) is 11.6 Å². The van der Waals surface area contributed by atoms with Gasteiger partial charge in [0.1, 0.15) is 11.8 Å². The molecule has 0 aliphatic carbocycles. The highest BCUT2D eigenvalue weighted by Gasteiger charge is 2.33. The van der Waals surface area contributed by atoms with Crippen LogP contribution in [0.1, 0.15) is 0 Å². The highest BCUT2D eigenvalue weighted by molar-refractivity contribution is 7.85. The Bertz CT molecular complexity index is 625. The lowest BCUT2D eigenvalue weighted by Crippen LogP contribution is -2.38. The normalized spacial score (nSPS) is 22.6. The van der Waals surface area contributed by atoms with Gasteiger partial charge in [0.25, 0.3) is 0 Å². The molecule has 0 unspecified atom stereocenters. The number of hydrogen-bond donors (Lipinski definition) is 1. The molecule has 0 radical (unpaired) electrons. The van der Waals surface area contributed by atoms with Crippen molar-refractivity contribution in [1.82, 2.24) is 0 Å². The van der Waals surface area contributed by atoms with E-state index in [0.717, 1.165) is 12.1 Å². The summed E-state index contributed by atoms with van der Waals surface area (Å²) in [4.78, 5) is 14.5. The zero-order chi connectivity index (χ0) is 16.6. The third kappa shape index (κ3) is 3.16. The molecule has 2 aliphatic heterocycles. The topological polar surface area (TPSA) is 75.9 Å². The zero-order valence-corrected chi connectivity index (χ0v) is 13.2. The molecular weight excluding hydrogens is 328 g/mol. The van der Waals surface area contributed by atoms with Crippen LogP contribution in [-0.4, -0.2) is 54.1 Å². The second-order valence-corrected chi connectivity index (χ2v) is 7.14. The van der Waals surface area contributed by atoms with E-state index in [9.17, 15) is 17.8 Å². The number of benzene rings is 1. The molecule has 0 aromatic heterocycles. The first-order valence-electron chi connectivity index (χ1n) is 7.26. The smallest absolute Gasteiger partial charge is 0.414 e. The molecule has 2 heterocycles. The van der Waals surface area contributed by atoms with E-state index in [1.54, 1.807) is 4.90 Å². The van der Waals surface area contributed by atoms with Gasteiger partial charge in [-0.25, -0.2) is 13.6 Å². The Morgan fingerprint density at radius 2 is 1.87 bits per heavy atom. The van der Waals surface area contributed by atoms with Crippen LogP contribution < -0.4 is 15.5 Å². The van der Waals surface area contributed by atoms with Crippen molar-refractivity contribution in [2.45, 2.75) is 6.10 Å². The fourth-order valence-electron chi connectivity index (χ4n) is 2.73. The van der Waals surface area contributed by atoms with Gasteiger partial charge in [0.05, 0.1) is 12.2 Å². The molecule has 2 saturated heterocycles. The van der Waals surface area contributed by atoms with Gasteiger partial charge in [0.2, 0.25) is 0 Å². The number of nitrogens with zero attached hydrogens (tertiary/aromatic N) is 2. The quantitative estimate of drug-likeness (QED) is 0.878. The van der Waals surface area contributed by atoms with E-state index < -0.39 is 34.6 Å². The van der Waals surface area contributed by atoms with Gasteiger partial charge in [-0.3, -0.25) is 9.11 Å². The van der Waals surface area contributed by atoms with Gasteiger partial charge < -0.3 is 15.4 Å². The number of hydrogen-bond acceptors (Lipinski definition) is 5. The first kappa shape index (κ1) is 16.1. The van der Waals surface area contributed by atoms with Gasteiger partial charge in [-0.2, -0.15) is 0 Å². The van der Waals surface area contributed by atoms with Gasteiger partial charge in [0, 0.05) is 54.1 Å². The predicted molar refractivity (Wildman–Crippen MR) is 83.1 cm³/mol. The van der Waals surface area contributed by atoms with Crippen molar-refractivity contribution in [3.63, 3.8) is 0 Å². The number of nitrogens with two attached hydrogens (primary N) is 1. The molecule has 0 bridgehead atoms. The molecule has 126 valence electrons. The van der Waals surface area contributed by atoms with Crippen molar-refractivity contribution in [3.05, 3.63) is 23.8 Å². The van der Waals surface area contributed by atoms with Gasteiger partial charge in [-0.15, -0.1) is 0 Å². The average molecular weight is 345 g/mol. The van der Waals surface area contributed by atoms with Crippen molar-refractivity contribution >= 4 is 28.3 Å². The molecule has 3 rings (SSSR count). The molecule has 6 nitrogen and oxygen atoms in total. The number of amides is 1. The van der Waals surface area contributed by atoms with E-state index >= 15 is 0 Å². The maximum absolute atomic E-state index is 14.4. The second kappa shape index (κ2) is 6.40. The van der Waals surface area contributed by atoms with Crippen LogP contribution in [0.5, 0.6) is 0 Å². The third-order valence-electron chi connectivity index (χ3n) is 3.94. The monoisotopic (exact) mass is 345 g/mol. The molecule has 1 amide bonds. The van der Waals surface area contributed by atoms with E-state index in [-0.39, 0.29) is 24.5 Å². The summed E-state index contributed by atoms with van der Waals surface area (Å²) in [6.45, 7) is 0.980. The fourth-order valence-corrected chi connectivity index (χ4v) is 3.78. The molecule has 23 heavy (non-hydrogen) atoms. The van der Waals surface area contributed by atoms with Gasteiger partial charge in [0.15, 0.2) is 11.6 Å². The Hall–Kier alpha value is -1.74. The Balaban J connectivity index is 1.86. The van der Waals surface area contributed by atoms with E-state index in [1.165, 1.54) is 4.90 Å².